The van der Waals surface area contributed by atoms with Crippen LogP contribution in [0.5, 0.6) is 0 Å². The highest BCUT2D eigenvalue weighted by Crippen LogP contribution is 2.38. The molecule has 0 aliphatic carbocycles. The first-order chi connectivity index (χ1) is 9.16. The summed E-state index contributed by atoms with van der Waals surface area (Å²) in [4.78, 5) is 5.21. The van der Waals surface area contributed by atoms with Gasteiger partial charge in [-0.05, 0) is 55.6 Å². The Balaban J connectivity index is 2.13. The van der Waals surface area contributed by atoms with Crippen molar-refractivity contribution in [2.24, 2.45) is 0 Å². The zero-order valence-electron chi connectivity index (χ0n) is 9.68. The lowest BCUT2D eigenvalue weighted by molar-refractivity contribution is 0.225. The van der Waals surface area contributed by atoms with E-state index in [4.69, 9.17) is 0 Å². The first kappa shape index (κ1) is 13.2. The number of thiophene rings is 1. The van der Waals surface area contributed by atoms with Crippen molar-refractivity contribution in [1.29, 1.82) is 0 Å². The van der Waals surface area contributed by atoms with Gasteiger partial charge in [-0.2, -0.15) is 0 Å². The Morgan fingerprint density at radius 2 is 2.00 bits per heavy atom. The number of aliphatic hydroxyl groups excluding tert-OH is 1. The number of benzene rings is 1. The highest BCUT2D eigenvalue weighted by molar-refractivity contribution is 9.13. The standard InChI is InChI=1S/C14H9Br2NOS/c15-10-7-12(19-14(10)16)13(18)9-3-1-5-11-8(9)4-2-6-17-11/h1-7,13,18H. The molecule has 0 aliphatic heterocycles. The van der Waals surface area contributed by atoms with Gasteiger partial charge in [0.2, 0.25) is 0 Å². The maximum Gasteiger partial charge on any atom is 0.114 e. The van der Waals surface area contributed by atoms with Gasteiger partial charge in [0.15, 0.2) is 0 Å². The van der Waals surface area contributed by atoms with Crippen molar-refractivity contribution < 1.29 is 5.11 Å². The summed E-state index contributed by atoms with van der Waals surface area (Å²) in [6.07, 6.45) is 1.12. The molecule has 0 saturated carbocycles. The van der Waals surface area contributed by atoms with Crippen LogP contribution in [-0.2, 0) is 0 Å². The fraction of sp³-hybridized carbons (Fsp3) is 0.0714. The number of hydrogen-bond acceptors (Lipinski definition) is 3. The molecule has 2 aromatic heterocycles. The molecule has 96 valence electrons. The van der Waals surface area contributed by atoms with Gasteiger partial charge in [0.25, 0.3) is 0 Å². The zero-order chi connectivity index (χ0) is 13.4. The minimum Gasteiger partial charge on any atom is -0.383 e. The van der Waals surface area contributed by atoms with Crippen molar-refractivity contribution in [1.82, 2.24) is 4.98 Å². The second-order valence-electron chi connectivity index (χ2n) is 4.09. The van der Waals surface area contributed by atoms with E-state index in [1.165, 1.54) is 11.3 Å². The van der Waals surface area contributed by atoms with Crippen molar-refractivity contribution in [3.8, 4) is 0 Å². The molecule has 19 heavy (non-hydrogen) atoms. The van der Waals surface area contributed by atoms with Gasteiger partial charge in [-0.15, -0.1) is 11.3 Å². The number of halogens is 2. The van der Waals surface area contributed by atoms with E-state index in [2.05, 4.69) is 36.8 Å². The molecule has 2 heterocycles. The Bertz CT molecular complexity index is 716. The Kier molecular flexibility index (Phi) is 3.71. The van der Waals surface area contributed by atoms with E-state index in [1.54, 1.807) is 6.20 Å². The van der Waals surface area contributed by atoms with Crippen molar-refractivity contribution in [2.75, 3.05) is 0 Å². The van der Waals surface area contributed by atoms with Crippen LogP contribution in [0, 0.1) is 0 Å². The maximum atomic E-state index is 10.6. The third kappa shape index (κ3) is 2.48. The molecule has 2 nitrogen and oxygen atoms in total. The lowest BCUT2D eigenvalue weighted by atomic mass is 10.0. The molecular formula is C14H9Br2NOS. The number of rotatable bonds is 2. The van der Waals surface area contributed by atoms with Crippen LogP contribution in [0.4, 0.5) is 0 Å². The van der Waals surface area contributed by atoms with Crippen LogP contribution in [0.15, 0.2) is 50.9 Å². The van der Waals surface area contributed by atoms with Gasteiger partial charge in [0.1, 0.15) is 6.10 Å². The zero-order valence-corrected chi connectivity index (χ0v) is 13.7. The van der Waals surface area contributed by atoms with Crippen LogP contribution in [0.1, 0.15) is 16.5 Å². The summed E-state index contributed by atoms with van der Waals surface area (Å²) in [5.41, 5.74) is 1.78. The average Bonchev–Trinajstić information content (AvgIpc) is 2.77. The molecule has 1 atom stereocenters. The minimum absolute atomic E-state index is 0.638. The van der Waals surface area contributed by atoms with Crippen LogP contribution in [0.25, 0.3) is 10.9 Å². The quantitative estimate of drug-likeness (QED) is 0.665. The summed E-state index contributed by atoms with van der Waals surface area (Å²) >= 11 is 8.43. The van der Waals surface area contributed by atoms with Gasteiger partial charge in [-0.25, -0.2) is 0 Å². The van der Waals surface area contributed by atoms with Gasteiger partial charge in [0.05, 0.1) is 9.30 Å². The van der Waals surface area contributed by atoms with E-state index in [0.717, 1.165) is 29.6 Å². The smallest absolute Gasteiger partial charge is 0.114 e. The molecule has 3 rings (SSSR count). The van der Waals surface area contributed by atoms with Gasteiger partial charge in [-0.1, -0.05) is 18.2 Å². The van der Waals surface area contributed by atoms with Crippen LogP contribution < -0.4 is 0 Å². The van der Waals surface area contributed by atoms with Gasteiger partial charge in [0, 0.05) is 20.9 Å². The molecule has 0 amide bonds. The molecule has 1 aromatic carbocycles. The number of hydrogen-bond donors (Lipinski definition) is 1. The largest absolute Gasteiger partial charge is 0.383 e. The van der Waals surface area contributed by atoms with Crippen LogP contribution >= 0.6 is 43.2 Å². The summed E-state index contributed by atoms with van der Waals surface area (Å²) in [6.45, 7) is 0. The van der Waals surface area contributed by atoms with Crippen molar-refractivity contribution >= 4 is 54.1 Å². The van der Waals surface area contributed by atoms with Gasteiger partial charge >= 0.3 is 0 Å². The first-order valence-corrected chi connectivity index (χ1v) is 8.03. The second kappa shape index (κ2) is 5.32. The number of aliphatic hydroxyl groups is 1. The molecule has 0 saturated heterocycles. The van der Waals surface area contributed by atoms with Crippen LogP contribution in [0.2, 0.25) is 0 Å². The second-order valence-corrected chi connectivity index (χ2v) is 7.35. The van der Waals surface area contributed by atoms with E-state index in [1.807, 2.05) is 36.4 Å². The number of aromatic nitrogens is 1. The van der Waals surface area contributed by atoms with Crippen molar-refractivity contribution in [3.05, 3.63) is 61.3 Å². The summed E-state index contributed by atoms with van der Waals surface area (Å²) in [7, 11) is 0. The Labute approximate surface area is 131 Å². The fourth-order valence-electron chi connectivity index (χ4n) is 2.02. The summed E-state index contributed by atoms with van der Waals surface area (Å²) in [5, 5.41) is 11.6. The first-order valence-electron chi connectivity index (χ1n) is 5.63. The number of nitrogens with zero attached hydrogens (tertiary/aromatic N) is 1. The van der Waals surface area contributed by atoms with E-state index in [0.29, 0.717) is 0 Å². The summed E-state index contributed by atoms with van der Waals surface area (Å²) < 4.78 is 1.95. The topological polar surface area (TPSA) is 33.1 Å². The Hall–Kier alpha value is -0.750. The molecule has 3 aromatic rings. The third-order valence-corrected chi connectivity index (χ3v) is 6.22. The van der Waals surface area contributed by atoms with E-state index >= 15 is 0 Å². The molecule has 1 unspecified atom stereocenters. The van der Waals surface area contributed by atoms with Crippen molar-refractivity contribution in [2.45, 2.75) is 6.10 Å². The molecule has 0 aliphatic rings. The lowest BCUT2D eigenvalue weighted by Gasteiger charge is -2.11. The third-order valence-electron chi connectivity index (χ3n) is 2.91. The maximum absolute atomic E-state index is 10.6. The van der Waals surface area contributed by atoms with Crippen LogP contribution in [0.3, 0.4) is 0 Å². The highest BCUT2D eigenvalue weighted by atomic mass is 79.9. The van der Waals surface area contributed by atoms with Crippen LogP contribution in [-0.4, -0.2) is 10.1 Å². The molecule has 5 heteroatoms. The molecule has 0 fully saturated rings. The molecule has 1 N–H and O–H groups in total. The fourth-order valence-corrected chi connectivity index (χ4v) is 4.11. The van der Waals surface area contributed by atoms with Gasteiger partial charge < -0.3 is 5.11 Å². The SMILES string of the molecule is OC(c1cc(Br)c(Br)s1)c1cccc2ncccc12. The average molecular weight is 399 g/mol. The predicted molar refractivity (Wildman–Crippen MR) is 85.5 cm³/mol. The minimum atomic E-state index is -0.638. The molecule has 0 spiro atoms. The molecule has 0 radical (unpaired) electrons. The monoisotopic (exact) mass is 397 g/mol. The Morgan fingerprint density at radius 1 is 1.16 bits per heavy atom. The highest BCUT2D eigenvalue weighted by Gasteiger charge is 2.17. The predicted octanol–water partition coefficient (Wildman–Crippen LogP) is 4.90. The van der Waals surface area contributed by atoms with E-state index < -0.39 is 6.10 Å². The molecular weight excluding hydrogens is 390 g/mol. The van der Waals surface area contributed by atoms with E-state index in [-0.39, 0.29) is 0 Å². The van der Waals surface area contributed by atoms with Gasteiger partial charge in [-0.3, -0.25) is 4.98 Å². The normalized spacial score (nSPS) is 12.8. The summed E-state index contributed by atoms with van der Waals surface area (Å²) in [5.74, 6) is 0. The Morgan fingerprint density at radius 3 is 2.74 bits per heavy atom. The lowest BCUT2D eigenvalue weighted by Crippen LogP contribution is -1.98. The van der Waals surface area contributed by atoms with E-state index in [9.17, 15) is 5.11 Å². The summed E-state index contributed by atoms with van der Waals surface area (Å²) in [6, 6.07) is 11.6. The van der Waals surface area contributed by atoms with Crippen molar-refractivity contribution in [3.63, 3.8) is 0 Å². The number of pyridine rings is 1. The molecule has 0 bridgehead atoms. The number of fused-ring (bicyclic) bond motifs is 1.